The van der Waals surface area contributed by atoms with Gasteiger partial charge in [0.15, 0.2) is 0 Å². The first-order valence-electron chi connectivity index (χ1n) is 6.47. The first-order chi connectivity index (χ1) is 8.60. The second kappa shape index (κ2) is 7.04. The molecule has 1 rings (SSSR count). The molecular formula is C15H22O3. The summed E-state index contributed by atoms with van der Waals surface area (Å²) in [7, 11) is 1.37. The molecule has 3 nitrogen and oxygen atoms in total. The van der Waals surface area contributed by atoms with E-state index in [2.05, 4.69) is 13.5 Å². The van der Waals surface area contributed by atoms with E-state index < -0.39 is 0 Å². The summed E-state index contributed by atoms with van der Waals surface area (Å²) in [5.74, 6) is 0.928. The van der Waals surface area contributed by atoms with Crippen molar-refractivity contribution in [2.75, 3.05) is 7.11 Å². The van der Waals surface area contributed by atoms with E-state index in [1.165, 1.54) is 26.4 Å². The minimum absolute atomic E-state index is 0.360. The molecule has 0 aliphatic rings. The van der Waals surface area contributed by atoms with Gasteiger partial charge in [0, 0.05) is 0 Å². The number of carbonyl (C=O) groups is 1. The molecule has 0 unspecified atom stereocenters. The predicted molar refractivity (Wildman–Crippen MR) is 72.6 cm³/mol. The van der Waals surface area contributed by atoms with Crippen molar-refractivity contribution in [3.05, 3.63) is 29.7 Å². The fourth-order valence-electron chi connectivity index (χ4n) is 1.86. The second-order valence-electron chi connectivity index (χ2n) is 4.49. The molecule has 0 aliphatic carbocycles. The average molecular weight is 250 g/mol. The van der Waals surface area contributed by atoms with Gasteiger partial charge in [0.25, 0.3) is 0 Å². The van der Waals surface area contributed by atoms with Crippen LogP contribution in [0, 0.1) is 6.92 Å². The molecule has 0 amide bonds. The Bertz CT molecular complexity index is 415. The largest absolute Gasteiger partial charge is 0.465 e. The van der Waals surface area contributed by atoms with E-state index in [1.807, 2.05) is 0 Å². The van der Waals surface area contributed by atoms with E-state index in [0.29, 0.717) is 17.1 Å². The lowest BCUT2D eigenvalue weighted by Crippen LogP contribution is -2.00. The van der Waals surface area contributed by atoms with Gasteiger partial charge >= 0.3 is 5.97 Å². The first-order valence-corrected chi connectivity index (χ1v) is 6.47. The number of hydrogen-bond acceptors (Lipinski definition) is 3. The van der Waals surface area contributed by atoms with E-state index in [4.69, 9.17) is 9.15 Å². The summed E-state index contributed by atoms with van der Waals surface area (Å²) in [4.78, 5) is 11.5. The highest BCUT2D eigenvalue weighted by Gasteiger charge is 2.16. The van der Waals surface area contributed by atoms with Crippen LogP contribution in [0.15, 0.2) is 17.1 Å². The number of aryl methyl sites for hydroxylation is 1. The van der Waals surface area contributed by atoms with Crippen LogP contribution in [0.1, 0.15) is 60.9 Å². The molecule has 100 valence electrons. The topological polar surface area (TPSA) is 39.4 Å². The number of methoxy groups -OCH3 is 1. The number of furan rings is 1. The molecule has 3 heteroatoms. The van der Waals surface area contributed by atoms with Gasteiger partial charge in [-0.25, -0.2) is 4.79 Å². The third-order valence-electron chi connectivity index (χ3n) is 3.00. The van der Waals surface area contributed by atoms with E-state index in [-0.39, 0.29) is 5.97 Å². The van der Waals surface area contributed by atoms with Crippen molar-refractivity contribution in [1.82, 2.24) is 0 Å². The van der Waals surface area contributed by atoms with Gasteiger partial charge in [-0.1, -0.05) is 32.8 Å². The van der Waals surface area contributed by atoms with Gasteiger partial charge < -0.3 is 9.15 Å². The van der Waals surface area contributed by atoms with Crippen molar-refractivity contribution in [2.24, 2.45) is 0 Å². The van der Waals surface area contributed by atoms with Crippen LogP contribution in [-0.4, -0.2) is 13.1 Å². The molecule has 0 saturated heterocycles. The molecule has 0 aromatic carbocycles. The lowest BCUT2D eigenvalue weighted by atomic mass is 10.1. The zero-order valence-electron chi connectivity index (χ0n) is 11.5. The number of unbranched alkanes of at least 4 members (excludes halogenated alkanes) is 3. The Kier molecular flexibility index (Phi) is 5.69. The molecule has 18 heavy (non-hydrogen) atoms. The molecule has 0 spiro atoms. The maximum atomic E-state index is 11.5. The van der Waals surface area contributed by atoms with Crippen molar-refractivity contribution in [2.45, 2.75) is 46.0 Å². The molecule has 1 heterocycles. The molecule has 0 saturated carbocycles. The smallest absolute Gasteiger partial charge is 0.341 e. The molecule has 1 aromatic heterocycles. The number of rotatable bonds is 7. The zero-order chi connectivity index (χ0) is 13.5. The standard InChI is InChI=1S/C15H22O3/c1-5-6-7-8-9-11(2)14-10-13(12(3)18-14)15(16)17-4/h10H,2,5-9H2,1,3-4H3. The molecule has 1 aromatic rings. The highest BCUT2D eigenvalue weighted by molar-refractivity contribution is 5.91. The minimum Gasteiger partial charge on any atom is -0.465 e. The molecule has 0 N–H and O–H groups in total. The fraction of sp³-hybridized carbons (Fsp3) is 0.533. The number of allylic oxidation sites excluding steroid dienone is 1. The third kappa shape index (κ3) is 3.76. The molecule has 0 fully saturated rings. The van der Waals surface area contributed by atoms with Crippen LogP contribution in [0.2, 0.25) is 0 Å². The highest BCUT2D eigenvalue weighted by atomic mass is 16.5. The summed E-state index contributed by atoms with van der Waals surface area (Å²) in [6, 6.07) is 1.73. The second-order valence-corrected chi connectivity index (χ2v) is 4.49. The van der Waals surface area contributed by atoms with E-state index >= 15 is 0 Å². The van der Waals surface area contributed by atoms with Crippen molar-refractivity contribution >= 4 is 11.5 Å². The van der Waals surface area contributed by atoms with Gasteiger partial charge in [-0.3, -0.25) is 0 Å². The van der Waals surface area contributed by atoms with Gasteiger partial charge in [-0.15, -0.1) is 0 Å². The predicted octanol–water partition coefficient (Wildman–Crippen LogP) is 4.36. The highest BCUT2D eigenvalue weighted by Crippen LogP contribution is 2.25. The van der Waals surface area contributed by atoms with Crippen molar-refractivity contribution in [3.63, 3.8) is 0 Å². The maximum Gasteiger partial charge on any atom is 0.341 e. The molecule has 0 aliphatic heterocycles. The SMILES string of the molecule is C=C(CCCCCC)c1cc(C(=O)OC)c(C)o1. The Hall–Kier alpha value is -1.51. The molecule has 0 radical (unpaired) electrons. The fourth-order valence-corrected chi connectivity index (χ4v) is 1.86. The van der Waals surface area contributed by atoms with E-state index in [0.717, 1.165) is 18.4 Å². The summed E-state index contributed by atoms with van der Waals surface area (Å²) >= 11 is 0. The van der Waals surface area contributed by atoms with Crippen LogP contribution in [0.25, 0.3) is 5.57 Å². The quantitative estimate of drug-likeness (QED) is 0.533. The van der Waals surface area contributed by atoms with Crippen LogP contribution in [0.4, 0.5) is 0 Å². The van der Waals surface area contributed by atoms with Crippen molar-refractivity contribution < 1.29 is 13.9 Å². The first kappa shape index (κ1) is 14.6. The number of esters is 1. The summed E-state index contributed by atoms with van der Waals surface area (Å²) in [5.41, 5.74) is 1.44. The lowest BCUT2D eigenvalue weighted by molar-refractivity contribution is 0.0599. The molecule has 0 bridgehead atoms. The Morgan fingerprint density at radius 2 is 2.11 bits per heavy atom. The van der Waals surface area contributed by atoms with Gasteiger partial charge in [0.2, 0.25) is 0 Å². The monoisotopic (exact) mass is 250 g/mol. The van der Waals surface area contributed by atoms with Gasteiger partial charge in [-0.2, -0.15) is 0 Å². The maximum absolute atomic E-state index is 11.5. The Morgan fingerprint density at radius 3 is 2.72 bits per heavy atom. The molecule has 0 atom stereocenters. The Labute approximate surface area is 109 Å². The van der Waals surface area contributed by atoms with Crippen LogP contribution in [0.5, 0.6) is 0 Å². The summed E-state index contributed by atoms with van der Waals surface area (Å²) in [6.07, 6.45) is 5.70. The summed E-state index contributed by atoms with van der Waals surface area (Å²) in [5, 5.41) is 0. The van der Waals surface area contributed by atoms with E-state index in [1.54, 1.807) is 13.0 Å². The van der Waals surface area contributed by atoms with Gasteiger partial charge in [0.05, 0.1) is 7.11 Å². The zero-order valence-corrected chi connectivity index (χ0v) is 11.5. The average Bonchev–Trinajstić information content (AvgIpc) is 2.75. The van der Waals surface area contributed by atoms with Crippen molar-refractivity contribution in [3.8, 4) is 0 Å². The van der Waals surface area contributed by atoms with Crippen molar-refractivity contribution in [1.29, 1.82) is 0 Å². The van der Waals surface area contributed by atoms with Crippen LogP contribution in [0.3, 0.4) is 0 Å². The minimum atomic E-state index is -0.360. The van der Waals surface area contributed by atoms with Crippen LogP contribution >= 0.6 is 0 Å². The normalized spacial score (nSPS) is 10.4. The van der Waals surface area contributed by atoms with Gasteiger partial charge in [0.1, 0.15) is 17.1 Å². The number of hydrogen-bond donors (Lipinski definition) is 0. The summed E-state index contributed by atoms with van der Waals surface area (Å²) < 4.78 is 10.3. The summed E-state index contributed by atoms with van der Waals surface area (Å²) in [6.45, 7) is 7.97. The molecular weight excluding hydrogens is 228 g/mol. The third-order valence-corrected chi connectivity index (χ3v) is 3.00. The van der Waals surface area contributed by atoms with E-state index in [9.17, 15) is 4.79 Å². The Balaban J connectivity index is 2.61. The lowest BCUT2D eigenvalue weighted by Gasteiger charge is -2.01. The Morgan fingerprint density at radius 1 is 1.39 bits per heavy atom. The van der Waals surface area contributed by atoms with Crippen LogP contribution in [-0.2, 0) is 4.74 Å². The van der Waals surface area contributed by atoms with Gasteiger partial charge in [-0.05, 0) is 31.4 Å². The number of ether oxygens (including phenoxy) is 1. The van der Waals surface area contributed by atoms with Crippen LogP contribution < -0.4 is 0 Å². The number of carbonyl (C=O) groups excluding carboxylic acids is 1.